The number of likely N-dealkylation sites (tertiary alicyclic amines) is 1. The maximum atomic E-state index is 13.3. The summed E-state index contributed by atoms with van der Waals surface area (Å²) in [5, 5.41) is 26.8. The van der Waals surface area contributed by atoms with E-state index in [4.69, 9.17) is 9.40 Å². The highest BCUT2D eigenvalue weighted by molar-refractivity contribution is 6.05. The van der Waals surface area contributed by atoms with Gasteiger partial charge in [0.1, 0.15) is 11.1 Å². The van der Waals surface area contributed by atoms with Gasteiger partial charge >= 0.3 is 0 Å². The Morgan fingerprint density at radius 3 is 2.54 bits per heavy atom. The van der Waals surface area contributed by atoms with Crippen molar-refractivity contribution in [1.82, 2.24) is 19.4 Å². The number of aromatic nitrogens is 3. The van der Waals surface area contributed by atoms with Gasteiger partial charge in [-0.2, -0.15) is 0 Å². The molecule has 0 aliphatic carbocycles. The summed E-state index contributed by atoms with van der Waals surface area (Å²) in [6, 6.07) is 18.9. The number of β-amino-alcohol motifs (C(OH)–C–C–N with tert-alkyl or cyclic N) is 1. The molecule has 0 unspecified atom stereocenters. The Kier molecular flexibility index (Phi) is 8.49. The van der Waals surface area contributed by atoms with Crippen LogP contribution in [0.15, 0.2) is 88.5 Å². The molecule has 0 radical (unpaired) electrons. The molecule has 1 amide bonds. The number of aliphatic hydroxyl groups excluding tert-OH is 2. The third-order valence-electron chi connectivity index (χ3n) is 8.99. The van der Waals surface area contributed by atoms with Gasteiger partial charge in [-0.1, -0.05) is 24.3 Å². The maximum Gasteiger partial charge on any atom is 0.291 e. The number of furan rings is 1. The lowest BCUT2D eigenvalue weighted by Crippen LogP contribution is -2.21. The van der Waals surface area contributed by atoms with Crippen LogP contribution in [0.25, 0.3) is 33.0 Å². The second kappa shape index (κ2) is 13.0. The van der Waals surface area contributed by atoms with Crippen molar-refractivity contribution in [3.8, 4) is 11.1 Å². The van der Waals surface area contributed by atoms with Gasteiger partial charge in [0.25, 0.3) is 11.5 Å². The first-order valence-corrected chi connectivity index (χ1v) is 15.9. The van der Waals surface area contributed by atoms with E-state index >= 15 is 0 Å². The largest absolute Gasteiger partial charge is 0.451 e. The van der Waals surface area contributed by atoms with Gasteiger partial charge in [0, 0.05) is 67.6 Å². The number of anilines is 3. The average molecular weight is 645 g/mol. The van der Waals surface area contributed by atoms with Crippen LogP contribution in [0.2, 0.25) is 0 Å². The molecule has 0 saturated carbocycles. The third kappa shape index (κ3) is 6.06. The van der Waals surface area contributed by atoms with E-state index < -0.39 is 5.91 Å². The smallest absolute Gasteiger partial charge is 0.291 e. The fraction of sp³-hybridized carbons (Fsp3) is 0.243. The first-order chi connectivity index (χ1) is 23.3. The Morgan fingerprint density at radius 1 is 1.02 bits per heavy atom. The van der Waals surface area contributed by atoms with Crippen molar-refractivity contribution in [1.29, 1.82) is 0 Å². The number of carbonyl (C=O) groups excluding carboxylic acids is 1. The molecule has 48 heavy (non-hydrogen) atoms. The molecule has 244 valence electrons. The number of fused-ring (bicyclic) bond motifs is 2. The predicted octanol–water partition coefficient (Wildman–Crippen LogP) is 5.38. The minimum absolute atomic E-state index is 0.0224. The number of nitrogens with zero attached hydrogens (tertiary/aromatic N) is 4. The summed E-state index contributed by atoms with van der Waals surface area (Å²) in [5.74, 6) is 0.208. The van der Waals surface area contributed by atoms with Crippen molar-refractivity contribution >= 4 is 45.0 Å². The van der Waals surface area contributed by atoms with Gasteiger partial charge in [-0.25, -0.2) is 4.98 Å². The zero-order valence-corrected chi connectivity index (χ0v) is 26.7. The normalized spacial score (nSPS) is 15.0. The molecule has 7 rings (SSSR count). The van der Waals surface area contributed by atoms with Gasteiger partial charge in [-0.3, -0.25) is 19.5 Å². The van der Waals surface area contributed by atoms with Crippen molar-refractivity contribution in [2.75, 3.05) is 30.3 Å². The molecule has 4 N–H and O–H groups in total. The Labute approximate surface area is 276 Å². The van der Waals surface area contributed by atoms with Gasteiger partial charge in [0.15, 0.2) is 11.6 Å². The molecule has 1 atom stereocenters. The molecule has 0 bridgehead atoms. The molecule has 4 aromatic heterocycles. The SMILES string of the molecule is Cc1c(NC(=O)c2cc3c(=O)n(CCO)ccc3o2)cccc1-c1cccc(Nc2nccc3cc(CN4CC[C@@H](O)C4)cnc23)c1C. The van der Waals surface area contributed by atoms with Crippen molar-refractivity contribution in [3.05, 3.63) is 112 Å². The second-order valence-electron chi connectivity index (χ2n) is 12.2. The molecule has 0 spiro atoms. The van der Waals surface area contributed by atoms with Crippen LogP contribution < -0.4 is 16.2 Å². The summed E-state index contributed by atoms with van der Waals surface area (Å²) in [4.78, 5) is 37.6. The molecule has 1 aliphatic heterocycles. The summed E-state index contributed by atoms with van der Waals surface area (Å²) in [6.07, 6.45) is 5.74. The van der Waals surface area contributed by atoms with Gasteiger partial charge in [0.05, 0.1) is 18.1 Å². The predicted molar refractivity (Wildman–Crippen MR) is 186 cm³/mol. The topological polar surface area (TPSA) is 146 Å². The minimum Gasteiger partial charge on any atom is -0.451 e. The lowest BCUT2D eigenvalue weighted by atomic mass is 9.94. The average Bonchev–Trinajstić information content (AvgIpc) is 3.71. The zero-order valence-electron chi connectivity index (χ0n) is 26.7. The van der Waals surface area contributed by atoms with Crippen LogP contribution in [-0.2, 0) is 13.1 Å². The molecule has 5 heterocycles. The number of amides is 1. The fourth-order valence-corrected chi connectivity index (χ4v) is 6.41. The standard InChI is InChI=1S/C37H36N6O5/c1-22-27(5-3-7-30(22)40-35-34-25(9-12-38-35)17-24(19-39-34)20-42-13-10-26(45)21-42)28-6-4-8-31(23(28)2)41-36(46)33-18-29-32(48-33)11-14-43(15-16-44)37(29)47/h3-9,11-12,14,17-19,26,44-45H,10,13,15-16,20-21H2,1-2H3,(H,38,40)(H,41,46)/t26-/m1/s1. The molecule has 1 aliphatic rings. The van der Waals surface area contributed by atoms with E-state index in [0.29, 0.717) is 23.6 Å². The van der Waals surface area contributed by atoms with Crippen molar-refractivity contribution in [3.63, 3.8) is 0 Å². The molecule has 2 aromatic carbocycles. The number of nitrogens with one attached hydrogen (secondary N) is 2. The van der Waals surface area contributed by atoms with Crippen LogP contribution in [0.3, 0.4) is 0 Å². The van der Waals surface area contributed by atoms with Gasteiger partial charge < -0.3 is 29.8 Å². The van der Waals surface area contributed by atoms with Crippen molar-refractivity contribution < 1.29 is 19.4 Å². The Morgan fingerprint density at radius 2 is 1.79 bits per heavy atom. The van der Waals surface area contributed by atoms with E-state index in [1.165, 1.54) is 16.8 Å². The number of pyridine rings is 3. The van der Waals surface area contributed by atoms with Crippen molar-refractivity contribution in [2.45, 2.75) is 39.5 Å². The highest BCUT2D eigenvalue weighted by atomic mass is 16.3. The fourth-order valence-electron chi connectivity index (χ4n) is 6.41. The third-order valence-corrected chi connectivity index (χ3v) is 8.99. The molecule has 1 fully saturated rings. The quantitative estimate of drug-likeness (QED) is 0.163. The Hall–Kier alpha value is -5.36. The molecule has 1 saturated heterocycles. The number of benzene rings is 2. The van der Waals surface area contributed by atoms with Gasteiger partial charge in [-0.05, 0) is 78.4 Å². The maximum absolute atomic E-state index is 13.3. The van der Waals surface area contributed by atoms with E-state index in [9.17, 15) is 19.8 Å². The van der Waals surface area contributed by atoms with Crippen molar-refractivity contribution in [2.24, 2.45) is 0 Å². The number of hydrogen-bond donors (Lipinski definition) is 4. The van der Waals surface area contributed by atoms with Gasteiger partial charge in [0.2, 0.25) is 0 Å². The Bertz CT molecular complexity index is 2220. The highest BCUT2D eigenvalue weighted by Crippen LogP contribution is 2.35. The van der Waals surface area contributed by atoms with E-state index in [0.717, 1.165) is 63.9 Å². The number of hydrogen-bond acceptors (Lipinski definition) is 9. The molecular formula is C37H36N6O5. The molecule has 11 heteroatoms. The second-order valence-corrected chi connectivity index (χ2v) is 12.2. The summed E-state index contributed by atoms with van der Waals surface area (Å²) >= 11 is 0. The summed E-state index contributed by atoms with van der Waals surface area (Å²) in [5.41, 5.74) is 7.16. The van der Waals surface area contributed by atoms with Crippen LogP contribution >= 0.6 is 0 Å². The molecule has 6 aromatic rings. The number of aliphatic hydroxyl groups is 2. The van der Waals surface area contributed by atoms with Crippen LogP contribution in [-0.4, -0.2) is 61.4 Å². The van der Waals surface area contributed by atoms with E-state index in [2.05, 4.69) is 26.6 Å². The first-order valence-electron chi connectivity index (χ1n) is 15.9. The number of carbonyl (C=O) groups is 1. The summed E-state index contributed by atoms with van der Waals surface area (Å²) in [6.45, 7) is 6.29. The first kappa shape index (κ1) is 31.3. The Balaban J connectivity index is 1.13. The summed E-state index contributed by atoms with van der Waals surface area (Å²) in [7, 11) is 0. The summed E-state index contributed by atoms with van der Waals surface area (Å²) < 4.78 is 7.09. The van der Waals surface area contributed by atoms with Crippen LogP contribution in [0.1, 0.15) is 33.7 Å². The monoisotopic (exact) mass is 644 g/mol. The lowest BCUT2D eigenvalue weighted by molar-refractivity contribution is 0.0998. The zero-order chi connectivity index (χ0) is 33.4. The van der Waals surface area contributed by atoms with Crippen LogP contribution in [0, 0.1) is 13.8 Å². The molecular weight excluding hydrogens is 608 g/mol. The van der Waals surface area contributed by atoms with E-state index in [-0.39, 0.29) is 36.0 Å². The van der Waals surface area contributed by atoms with Crippen LogP contribution in [0.5, 0.6) is 0 Å². The lowest BCUT2D eigenvalue weighted by Gasteiger charge is -2.17. The van der Waals surface area contributed by atoms with Crippen LogP contribution in [0.4, 0.5) is 17.2 Å². The number of rotatable bonds is 9. The molecule has 11 nitrogen and oxygen atoms in total. The van der Waals surface area contributed by atoms with E-state index in [1.807, 2.05) is 62.5 Å². The van der Waals surface area contributed by atoms with Gasteiger partial charge in [-0.15, -0.1) is 0 Å². The van der Waals surface area contributed by atoms with E-state index in [1.54, 1.807) is 12.3 Å². The highest BCUT2D eigenvalue weighted by Gasteiger charge is 2.21. The minimum atomic E-state index is -0.470.